The fourth-order valence-corrected chi connectivity index (χ4v) is 3.75. The first-order valence-corrected chi connectivity index (χ1v) is 9.05. The molecule has 0 aliphatic heterocycles. The predicted octanol–water partition coefficient (Wildman–Crippen LogP) is 3.50. The van der Waals surface area contributed by atoms with Gasteiger partial charge >= 0.3 is 0 Å². The van der Waals surface area contributed by atoms with Gasteiger partial charge in [-0.2, -0.15) is 5.10 Å². The number of anilines is 1. The summed E-state index contributed by atoms with van der Waals surface area (Å²) >= 11 is 0. The first kappa shape index (κ1) is 16.3. The molecule has 1 aromatic heterocycles. The van der Waals surface area contributed by atoms with Crippen molar-refractivity contribution in [2.24, 2.45) is 7.05 Å². The maximum absolute atomic E-state index is 12.6. The Morgan fingerprint density at radius 2 is 1.50 bits per heavy atom. The third-order valence-corrected chi connectivity index (χ3v) is 5.38. The van der Waals surface area contributed by atoms with E-state index in [1.54, 1.807) is 30.8 Å². The number of rotatable bonds is 4. The molecule has 0 saturated carbocycles. The molecule has 0 fully saturated rings. The highest BCUT2D eigenvalue weighted by atomic mass is 32.2. The van der Waals surface area contributed by atoms with Crippen molar-refractivity contribution in [1.82, 2.24) is 9.78 Å². The van der Waals surface area contributed by atoms with Gasteiger partial charge in [0.2, 0.25) is 0 Å². The lowest BCUT2D eigenvalue weighted by Crippen LogP contribution is -2.14. The summed E-state index contributed by atoms with van der Waals surface area (Å²) in [5, 5.41) is 4.23. The van der Waals surface area contributed by atoms with Gasteiger partial charge in [0.15, 0.2) is 0 Å². The van der Waals surface area contributed by atoms with Crippen molar-refractivity contribution in [3.05, 3.63) is 66.0 Å². The van der Waals surface area contributed by atoms with Crippen molar-refractivity contribution in [3.63, 3.8) is 0 Å². The number of aromatic nitrogens is 2. The zero-order chi connectivity index (χ0) is 17.3. The van der Waals surface area contributed by atoms with Crippen LogP contribution in [-0.4, -0.2) is 18.2 Å². The Labute approximate surface area is 142 Å². The minimum absolute atomic E-state index is 0.227. The normalized spacial score (nSPS) is 11.5. The lowest BCUT2D eigenvalue weighted by Gasteiger charge is -2.09. The van der Waals surface area contributed by atoms with Crippen LogP contribution < -0.4 is 4.72 Å². The fraction of sp³-hybridized carbons (Fsp3) is 0.167. The summed E-state index contributed by atoms with van der Waals surface area (Å²) in [6.45, 7) is 3.61. The summed E-state index contributed by atoms with van der Waals surface area (Å²) < 4.78 is 29.5. The molecule has 6 heteroatoms. The second-order valence-electron chi connectivity index (χ2n) is 5.67. The molecule has 0 atom stereocenters. The summed E-state index contributed by atoms with van der Waals surface area (Å²) in [6, 6.07) is 16.7. The Kier molecular flexibility index (Phi) is 4.15. The first-order chi connectivity index (χ1) is 11.4. The van der Waals surface area contributed by atoms with Crippen molar-refractivity contribution < 1.29 is 8.42 Å². The van der Waals surface area contributed by atoms with E-state index in [1.165, 1.54) is 0 Å². The van der Waals surface area contributed by atoms with E-state index < -0.39 is 10.0 Å². The summed E-state index contributed by atoms with van der Waals surface area (Å²) in [6.07, 6.45) is 0. The van der Waals surface area contributed by atoms with E-state index >= 15 is 0 Å². The fourth-order valence-electron chi connectivity index (χ4n) is 2.57. The average molecular weight is 341 g/mol. The van der Waals surface area contributed by atoms with Crippen LogP contribution in [0.25, 0.3) is 11.1 Å². The van der Waals surface area contributed by atoms with Gasteiger partial charge in [0.25, 0.3) is 10.0 Å². The lowest BCUT2D eigenvalue weighted by atomic mass is 10.1. The number of hydrogen-bond acceptors (Lipinski definition) is 3. The maximum Gasteiger partial charge on any atom is 0.262 e. The van der Waals surface area contributed by atoms with Crippen LogP contribution in [0, 0.1) is 13.8 Å². The van der Waals surface area contributed by atoms with Gasteiger partial charge in [-0.05, 0) is 37.1 Å². The molecule has 2 aromatic carbocycles. The number of nitrogens with one attached hydrogen (secondary N) is 1. The largest absolute Gasteiger partial charge is 0.276 e. The molecule has 1 heterocycles. The Balaban J connectivity index is 1.90. The summed E-state index contributed by atoms with van der Waals surface area (Å²) in [5.41, 5.74) is 3.98. The third-order valence-electron chi connectivity index (χ3n) is 4.02. The molecule has 124 valence electrons. The van der Waals surface area contributed by atoms with E-state index in [9.17, 15) is 8.42 Å². The minimum atomic E-state index is -3.65. The van der Waals surface area contributed by atoms with Crippen molar-refractivity contribution in [2.75, 3.05) is 4.72 Å². The number of sulfonamides is 1. The van der Waals surface area contributed by atoms with E-state index in [0.717, 1.165) is 16.8 Å². The maximum atomic E-state index is 12.6. The van der Waals surface area contributed by atoms with E-state index in [-0.39, 0.29) is 4.90 Å². The van der Waals surface area contributed by atoms with Gasteiger partial charge in [-0.1, -0.05) is 42.5 Å². The molecule has 24 heavy (non-hydrogen) atoms. The zero-order valence-corrected chi connectivity index (χ0v) is 14.6. The zero-order valence-electron chi connectivity index (χ0n) is 13.8. The van der Waals surface area contributed by atoms with Crippen LogP contribution >= 0.6 is 0 Å². The summed E-state index contributed by atoms with van der Waals surface area (Å²) in [4.78, 5) is 0.227. The smallest absolute Gasteiger partial charge is 0.262 e. The molecule has 0 bridgehead atoms. The highest BCUT2D eigenvalue weighted by Crippen LogP contribution is 2.25. The van der Waals surface area contributed by atoms with Crippen LogP contribution in [0.3, 0.4) is 0 Å². The standard InChI is InChI=1S/C18H19N3O2S/c1-13-18(14(2)21(3)19-13)20-24(22,23)17-11-9-16(10-12-17)15-7-5-4-6-8-15/h4-12,20H,1-3H3. The average Bonchev–Trinajstić information content (AvgIpc) is 2.82. The van der Waals surface area contributed by atoms with Gasteiger partial charge in [0.1, 0.15) is 0 Å². The van der Waals surface area contributed by atoms with Crippen LogP contribution in [0.2, 0.25) is 0 Å². The third kappa shape index (κ3) is 3.05. The summed E-state index contributed by atoms with van der Waals surface area (Å²) in [5.74, 6) is 0. The lowest BCUT2D eigenvalue weighted by molar-refractivity contribution is 0.601. The predicted molar refractivity (Wildman–Crippen MR) is 95.4 cm³/mol. The van der Waals surface area contributed by atoms with Gasteiger partial charge in [0.05, 0.1) is 22.0 Å². The Bertz CT molecular complexity index is 960. The highest BCUT2D eigenvalue weighted by molar-refractivity contribution is 7.92. The van der Waals surface area contributed by atoms with Crippen molar-refractivity contribution in [1.29, 1.82) is 0 Å². The second-order valence-corrected chi connectivity index (χ2v) is 7.35. The van der Waals surface area contributed by atoms with Gasteiger partial charge in [0, 0.05) is 7.05 Å². The molecule has 0 aliphatic carbocycles. The van der Waals surface area contributed by atoms with Crippen molar-refractivity contribution >= 4 is 15.7 Å². The van der Waals surface area contributed by atoms with E-state index in [0.29, 0.717) is 11.4 Å². The molecule has 0 aliphatic rings. The number of benzene rings is 2. The monoisotopic (exact) mass is 341 g/mol. The quantitative estimate of drug-likeness (QED) is 0.790. The molecule has 0 spiro atoms. The number of hydrogen-bond donors (Lipinski definition) is 1. The van der Waals surface area contributed by atoms with Gasteiger partial charge in [-0.3, -0.25) is 9.40 Å². The molecule has 3 rings (SSSR count). The van der Waals surface area contributed by atoms with E-state index in [1.807, 2.05) is 49.4 Å². The molecule has 3 aromatic rings. The van der Waals surface area contributed by atoms with Crippen LogP contribution in [0.4, 0.5) is 5.69 Å². The Morgan fingerprint density at radius 1 is 0.917 bits per heavy atom. The topological polar surface area (TPSA) is 64.0 Å². The summed E-state index contributed by atoms with van der Waals surface area (Å²) in [7, 11) is -1.86. The Morgan fingerprint density at radius 3 is 2.04 bits per heavy atom. The molecule has 0 amide bonds. The molecule has 5 nitrogen and oxygen atoms in total. The SMILES string of the molecule is Cc1nn(C)c(C)c1NS(=O)(=O)c1ccc(-c2ccccc2)cc1. The highest BCUT2D eigenvalue weighted by Gasteiger charge is 2.19. The Hall–Kier alpha value is -2.60. The van der Waals surface area contributed by atoms with Gasteiger partial charge < -0.3 is 0 Å². The second kappa shape index (κ2) is 6.13. The van der Waals surface area contributed by atoms with Crippen LogP contribution in [0.5, 0.6) is 0 Å². The molecule has 0 saturated heterocycles. The molecular weight excluding hydrogens is 322 g/mol. The van der Waals surface area contributed by atoms with E-state index in [4.69, 9.17) is 0 Å². The number of aryl methyl sites for hydroxylation is 2. The molecule has 0 radical (unpaired) electrons. The van der Waals surface area contributed by atoms with Gasteiger partial charge in [-0.25, -0.2) is 8.42 Å². The number of nitrogens with zero attached hydrogens (tertiary/aromatic N) is 2. The molecule has 1 N–H and O–H groups in total. The van der Waals surface area contributed by atoms with E-state index in [2.05, 4.69) is 9.82 Å². The molecular formula is C18H19N3O2S. The molecule has 0 unspecified atom stereocenters. The first-order valence-electron chi connectivity index (χ1n) is 7.57. The van der Waals surface area contributed by atoms with Crippen LogP contribution in [-0.2, 0) is 17.1 Å². The van der Waals surface area contributed by atoms with Crippen molar-refractivity contribution in [2.45, 2.75) is 18.7 Å². The van der Waals surface area contributed by atoms with Crippen LogP contribution in [0.15, 0.2) is 59.5 Å². The van der Waals surface area contributed by atoms with Crippen molar-refractivity contribution in [3.8, 4) is 11.1 Å². The minimum Gasteiger partial charge on any atom is -0.276 e. The van der Waals surface area contributed by atoms with Gasteiger partial charge in [-0.15, -0.1) is 0 Å². The van der Waals surface area contributed by atoms with Crippen LogP contribution in [0.1, 0.15) is 11.4 Å².